The second-order valence-electron chi connectivity index (χ2n) is 4.61. The van der Waals surface area contributed by atoms with Crippen LogP contribution in [0.3, 0.4) is 0 Å². The van der Waals surface area contributed by atoms with Gasteiger partial charge in [0.2, 0.25) is 0 Å². The van der Waals surface area contributed by atoms with Gasteiger partial charge in [0.25, 0.3) is 0 Å². The molecule has 20 heavy (non-hydrogen) atoms. The summed E-state index contributed by atoms with van der Waals surface area (Å²) in [5, 5.41) is 0. The molecule has 2 rings (SSSR count). The molecule has 0 saturated carbocycles. The molecule has 0 radical (unpaired) electrons. The fourth-order valence-corrected chi connectivity index (χ4v) is 2.08. The van der Waals surface area contributed by atoms with Gasteiger partial charge in [0, 0.05) is 6.42 Å². The minimum absolute atomic E-state index is 0.636. The van der Waals surface area contributed by atoms with Gasteiger partial charge in [-0.15, -0.1) is 0 Å². The van der Waals surface area contributed by atoms with Gasteiger partial charge in [0.15, 0.2) is 11.5 Å². The molecule has 0 spiro atoms. The molecule has 0 saturated heterocycles. The monoisotopic (exact) mass is 271 g/mol. The molecule has 3 nitrogen and oxygen atoms in total. The number of benzene rings is 2. The molecule has 2 aromatic carbocycles. The molecule has 0 bridgehead atoms. The lowest BCUT2D eigenvalue weighted by Gasteiger charge is -2.12. The predicted molar refractivity (Wildman–Crippen MR) is 81.4 cm³/mol. The van der Waals surface area contributed by atoms with Crippen LogP contribution in [0.5, 0.6) is 11.5 Å². The van der Waals surface area contributed by atoms with Gasteiger partial charge in [-0.25, -0.2) is 0 Å². The van der Waals surface area contributed by atoms with E-state index in [0.29, 0.717) is 13.2 Å². The van der Waals surface area contributed by atoms with Crippen LogP contribution in [0.1, 0.15) is 11.1 Å². The average Bonchev–Trinajstić information content (AvgIpc) is 2.50. The van der Waals surface area contributed by atoms with Crippen molar-refractivity contribution in [2.75, 3.05) is 20.3 Å². The summed E-state index contributed by atoms with van der Waals surface area (Å²) in [6, 6.07) is 16.3. The molecule has 0 unspecified atom stereocenters. The maximum Gasteiger partial charge on any atom is 0.161 e. The summed E-state index contributed by atoms with van der Waals surface area (Å²) in [7, 11) is 1.66. The Balaban J connectivity index is 1.95. The van der Waals surface area contributed by atoms with Crippen molar-refractivity contribution in [1.29, 1.82) is 0 Å². The van der Waals surface area contributed by atoms with Crippen molar-refractivity contribution in [3.05, 3.63) is 59.7 Å². The van der Waals surface area contributed by atoms with Crippen molar-refractivity contribution >= 4 is 0 Å². The van der Waals surface area contributed by atoms with E-state index in [2.05, 4.69) is 12.1 Å². The summed E-state index contributed by atoms with van der Waals surface area (Å²) >= 11 is 0. The Hall–Kier alpha value is -2.00. The van der Waals surface area contributed by atoms with Crippen LogP contribution in [0.2, 0.25) is 0 Å². The van der Waals surface area contributed by atoms with Crippen LogP contribution < -0.4 is 15.2 Å². The van der Waals surface area contributed by atoms with E-state index in [1.54, 1.807) is 7.11 Å². The normalized spacial score (nSPS) is 10.3. The van der Waals surface area contributed by atoms with Gasteiger partial charge >= 0.3 is 0 Å². The first-order valence-corrected chi connectivity index (χ1v) is 6.87. The first-order chi connectivity index (χ1) is 9.83. The molecule has 0 aliphatic carbocycles. The largest absolute Gasteiger partial charge is 0.493 e. The summed E-state index contributed by atoms with van der Waals surface area (Å²) in [4.78, 5) is 0. The highest BCUT2D eigenvalue weighted by Gasteiger charge is 2.05. The van der Waals surface area contributed by atoms with Crippen molar-refractivity contribution in [3.63, 3.8) is 0 Å². The lowest BCUT2D eigenvalue weighted by atomic mass is 10.1. The summed E-state index contributed by atoms with van der Waals surface area (Å²) in [6.45, 7) is 1.27. The van der Waals surface area contributed by atoms with Gasteiger partial charge < -0.3 is 15.2 Å². The van der Waals surface area contributed by atoms with Gasteiger partial charge in [-0.3, -0.25) is 0 Å². The van der Waals surface area contributed by atoms with Crippen LogP contribution in [0.15, 0.2) is 48.5 Å². The van der Waals surface area contributed by atoms with E-state index in [-0.39, 0.29) is 0 Å². The van der Waals surface area contributed by atoms with Gasteiger partial charge in [-0.2, -0.15) is 0 Å². The Bertz CT molecular complexity index is 526. The van der Waals surface area contributed by atoms with Crippen molar-refractivity contribution < 1.29 is 9.47 Å². The van der Waals surface area contributed by atoms with E-state index in [1.807, 2.05) is 36.4 Å². The third-order valence-corrected chi connectivity index (χ3v) is 3.15. The topological polar surface area (TPSA) is 44.5 Å². The third kappa shape index (κ3) is 4.00. The Labute approximate surface area is 120 Å². The highest BCUT2D eigenvalue weighted by molar-refractivity contribution is 5.43. The highest BCUT2D eigenvalue weighted by atomic mass is 16.5. The Morgan fingerprint density at radius 2 is 1.70 bits per heavy atom. The second kappa shape index (κ2) is 7.56. The van der Waals surface area contributed by atoms with E-state index in [0.717, 1.165) is 24.3 Å². The van der Waals surface area contributed by atoms with Gasteiger partial charge in [-0.05, 0) is 36.2 Å². The van der Waals surface area contributed by atoms with Gasteiger partial charge in [-0.1, -0.05) is 36.4 Å². The zero-order valence-electron chi connectivity index (χ0n) is 11.8. The molecule has 0 aromatic heterocycles. The average molecular weight is 271 g/mol. The van der Waals surface area contributed by atoms with E-state index in [9.17, 15) is 0 Å². The molecule has 0 amide bonds. The van der Waals surface area contributed by atoms with Crippen molar-refractivity contribution in [3.8, 4) is 11.5 Å². The molecule has 3 heteroatoms. The quantitative estimate of drug-likeness (QED) is 0.842. The summed E-state index contributed by atoms with van der Waals surface area (Å²) in [5.74, 6) is 1.55. The van der Waals surface area contributed by atoms with Crippen molar-refractivity contribution in [1.82, 2.24) is 0 Å². The van der Waals surface area contributed by atoms with E-state index >= 15 is 0 Å². The lowest BCUT2D eigenvalue weighted by molar-refractivity contribution is 0.297. The van der Waals surface area contributed by atoms with Crippen LogP contribution in [-0.2, 0) is 12.8 Å². The molecule has 0 aliphatic heterocycles. The Morgan fingerprint density at radius 1 is 0.900 bits per heavy atom. The minimum atomic E-state index is 0.636. The second-order valence-corrected chi connectivity index (χ2v) is 4.61. The van der Waals surface area contributed by atoms with Gasteiger partial charge in [0.1, 0.15) is 0 Å². The summed E-state index contributed by atoms with van der Waals surface area (Å²) < 4.78 is 11.2. The van der Waals surface area contributed by atoms with Crippen LogP contribution in [-0.4, -0.2) is 20.3 Å². The smallest absolute Gasteiger partial charge is 0.161 e. The van der Waals surface area contributed by atoms with Crippen LogP contribution >= 0.6 is 0 Å². The third-order valence-electron chi connectivity index (χ3n) is 3.15. The molecule has 0 atom stereocenters. The van der Waals surface area contributed by atoms with Crippen molar-refractivity contribution in [2.45, 2.75) is 12.8 Å². The first kappa shape index (κ1) is 14.4. The Kier molecular flexibility index (Phi) is 5.44. The van der Waals surface area contributed by atoms with Gasteiger partial charge in [0.05, 0.1) is 13.7 Å². The SMILES string of the molecule is COc1cc(CCN)ccc1OCCc1ccccc1. The minimum Gasteiger partial charge on any atom is -0.493 e. The highest BCUT2D eigenvalue weighted by Crippen LogP contribution is 2.28. The molecular weight excluding hydrogens is 250 g/mol. The van der Waals surface area contributed by atoms with Crippen LogP contribution in [0.25, 0.3) is 0 Å². The predicted octanol–water partition coefficient (Wildman–Crippen LogP) is 2.82. The number of rotatable bonds is 7. The van der Waals surface area contributed by atoms with E-state index in [4.69, 9.17) is 15.2 Å². The molecule has 0 heterocycles. The zero-order chi connectivity index (χ0) is 14.2. The standard InChI is InChI=1S/C17H21NO2/c1-19-17-13-15(9-11-18)7-8-16(17)20-12-10-14-5-3-2-4-6-14/h2-8,13H,9-12,18H2,1H3. The maximum absolute atomic E-state index is 5.81. The Morgan fingerprint density at radius 3 is 2.40 bits per heavy atom. The maximum atomic E-state index is 5.81. The fourth-order valence-electron chi connectivity index (χ4n) is 2.08. The summed E-state index contributed by atoms with van der Waals surface area (Å²) in [6.07, 6.45) is 1.73. The number of hydrogen-bond donors (Lipinski definition) is 1. The number of methoxy groups -OCH3 is 1. The van der Waals surface area contributed by atoms with E-state index in [1.165, 1.54) is 11.1 Å². The molecule has 0 aliphatic rings. The molecule has 2 aromatic rings. The lowest BCUT2D eigenvalue weighted by Crippen LogP contribution is -2.05. The molecule has 2 N–H and O–H groups in total. The van der Waals surface area contributed by atoms with Crippen LogP contribution in [0, 0.1) is 0 Å². The number of ether oxygens (including phenoxy) is 2. The molecule has 0 fully saturated rings. The zero-order valence-corrected chi connectivity index (χ0v) is 11.8. The summed E-state index contributed by atoms with van der Waals surface area (Å²) in [5.41, 5.74) is 8.00. The number of nitrogens with two attached hydrogens (primary N) is 1. The molecular formula is C17H21NO2. The van der Waals surface area contributed by atoms with Crippen molar-refractivity contribution in [2.24, 2.45) is 5.73 Å². The first-order valence-electron chi connectivity index (χ1n) is 6.87. The fraction of sp³-hybridized carbons (Fsp3) is 0.294. The number of hydrogen-bond acceptors (Lipinski definition) is 3. The van der Waals surface area contributed by atoms with Crippen LogP contribution in [0.4, 0.5) is 0 Å². The molecule has 106 valence electrons. The van der Waals surface area contributed by atoms with E-state index < -0.39 is 0 Å².